The quantitative estimate of drug-likeness (QED) is 0.788. The lowest BCUT2D eigenvalue weighted by atomic mass is 9.85. The fourth-order valence-electron chi connectivity index (χ4n) is 2.77. The van der Waals surface area contributed by atoms with Crippen molar-refractivity contribution in [3.8, 4) is 0 Å². The van der Waals surface area contributed by atoms with E-state index in [0.29, 0.717) is 23.2 Å². The van der Waals surface area contributed by atoms with Crippen molar-refractivity contribution in [1.29, 1.82) is 0 Å². The molecule has 0 bridgehead atoms. The number of amides is 1. The molecule has 0 heterocycles. The molecular formula is C15H22N2O. The number of anilines is 1. The summed E-state index contributed by atoms with van der Waals surface area (Å²) in [5.41, 5.74) is 8.04. The predicted octanol–water partition coefficient (Wildman–Crippen LogP) is 2.89. The largest absolute Gasteiger partial charge is 0.398 e. The second-order valence-corrected chi connectivity index (χ2v) is 5.38. The van der Waals surface area contributed by atoms with Crippen LogP contribution in [0, 0.1) is 12.8 Å². The number of nitrogens with two attached hydrogens (primary N) is 1. The number of hydrogen-bond donors (Lipinski definition) is 2. The van der Waals surface area contributed by atoms with Crippen LogP contribution in [0.2, 0.25) is 0 Å². The highest BCUT2D eigenvalue weighted by atomic mass is 16.1. The summed E-state index contributed by atoms with van der Waals surface area (Å²) in [7, 11) is 0. The molecule has 1 saturated carbocycles. The molecule has 1 aromatic rings. The molecule has 3 N–H and O–H groups in total. The first-order chi connectivity index (χ1) is 8.59. The molecule has 1 amide bonds. The van der Waals surface area contributed by atoms with Crippen molar-refractivity contribution in [1.82, 2.24) is 5.32 Å². The molecule has 0 aromatic heterocycles. The number of benzene rings is 1. The maximum absolute atomic E-state index is 12.3. The number of aryl methyl sites for hydroxylation is 1. The first kappa shape index (κ1) is 12.9. The van der Waals surface area contributed by atoms with Crippen LogP contribution in [0.25, 0.3) is 0 Å². The first-order valence-electron chi connectivity index (χ1n) is 6.75. The Morgan fingerprint density at radius 1 is 1.33 bits per heavy atom. The van der Waals surface area contributed by atoms with E-state index in [1.165, 1.54) is 19.3 Å². The van der Waals surface area contributed by atoms with Crippen LogP contribution >= 0.6 is 0 Å². The number of hydrogen-bond acceptors (Lipinski definition) is 2. The summed E-state index contributed by atoms with van der Waals surface area (Å²) in [5, 5.41) is 3.15. The molecule has 98 valence electrons. The van der Waals surface area contributed by atoms with E-state index in [2.05, 4.69) is 12.2 Å². The van der Waals surface area contributed by atoms with Gasteiger partial charge in [-0.15, -0.1) is 0 Å². The standard InChI is InChI=1S/C15H22N2O/c1-10-6-3-4-9-13(10)17-15(18)14-11(2)7-5-8-12(14)16/h5,7-8,10,13H,3-4,6,9,16H2,1-2H3,(H,17,18). The molecule has 3 nitrogen and oxygen atoms in total. The normalized spacial score (nSPS) is 23.7. The Morgan fingerprint density at radius 3 is 2.72 bits per heavy atom. The molecule has 2 rings (SSSR count). The van der Waals surface area contributed by atoms with Gasteiger partial charge in [0.2, 0.25) is 0 Å². The summed E-state index contributed by atoms with van der Waals surface area (Å²) in [4.78, 5) is 12.3. The van der Waals surface area contributed by atoms with Gasteiger partial charge < -0.3 is 11.1 Å². The van der Waals surface area contributed by atoms with Crippen molar-refractivity contribution in [2.75, 3.05) is 5.73 Å². The van der Waals surface area contributed by atoms with Gasteiger partial charge in [-0.3, -0.25) is 4.79 Å². The van der Waals surface area contributed by atoms with Gasteiger partial charge in [0.15, 0.2) is 0 Å². The first-order valence-corrected chi connectivity index (χ1v) is 6.75. The minimum atomic E-state index is -0.0238. The maximum Gasteiger partial charge on any atom is 0.253 e. The molecule has 1 aliphatic rings. The highest BCUT2D eigenvalue weighted by Gasteiger charge is 2.24. The van der Waals surface area contributed by atoms with Crippen molar-refractivity contribution >= 4 is 11.6 Å². The van der Waals surface area contributed by atoms with Crippen LogP contribution in [0.5, 0.6) is 0 Å². The van der Waals surface area contributed by atoms with Crippen LogP contribution in [0.3, 0.4) is 0 Å². The van der Waals surface area contributed by atoms with Gasteiger partial charge in [0, 0.05) is 11.7 Å². The van der Waals surface area contributed by atoms with E-state index in [1.807, 2.05) is 19.1 Å². The van der Waals surface area contributed by atoms with Crippen LogP contribution in [-0.2, 0) is 0 Å². The summed E-state index contributed by atoms with van der Waals surface area (Å²) in [5.74, 6) is 0.539. The zero-order chi connectivity index (χ0) is 13.1. The molecule has 1 aromatic carbocycles. The van der Waals surface area contributed by atoms with Gasteiger partial charge in [-0.1, -0.05) is 31.9 Å². The Morgan fingerprint density at radius 2 is 2.06 bits per heavy atom. The molecule has 0 saturated heterocycles. The molecule has 1 fully saturated rings. The van der Waals surface area contributed by atoms with E-state index in [-0.39, 0.29) is 5.91 Å². The van der Waals surface area contributed by atoms with E-state index in [0.717, 1.165) is 12.0 Å². The lowest BCUT2D eigenvalue weighted by Gasteiger charge is -2.29. The molecule has 0 radical (unpaired) electrons. The van der Waals surface area contributed by atoms with Crippen molar-refractivity contribution < 1.29 is 4.79 Å². The highest BCUT2D eigenvalue weighted by Crippen LogP contribution is 2.25. The monoisotopic (exact) mass is 246 g/mol. The van der Waals surface area contributed by atoms with Crippen molar-refractivity contribution in [2.24, 2.45) is 5.92 Å². The number of nitrogen functional groups attached to an aromatic ring is 1. The molecule has 0 spiro atoms. The Labute approximate surface area is 109 Å². The topological polar surface area (TPSA) is 55.1 Å². The average molecular weight is 246 g/mol. The van der Waals surface area contributed by atoms with E-state index >= 15 is 0 Å². The third kappa shape index (κ3) is 2.66. The molecule has 2 unspecified atom stereocenters. The minimum Gasteiger partial charge on any atom is -0.398 e. The van der Waals surface area contributed by atoms with Crippen LogP contribution < -0.4 is 11.1 Å². The number of rotatable bonds is 2. The van der Waals surface area contributed by atoms with Gasteiger partial charge in [0.1, 0.15) is 0 Å². The lowest BCUT2D eigenvalue weighted by Crippen LogP contribution is -2.41. The summed E-state index contributed by atoms with van der Waals surface area (Å²) >= 11 is 0. The average Bonchev–Trinajstić information content (AvgIpc) is 2.32. The second-order valence-electron chi connectivity index (χ2n) is 5.38. The second kappa shape index (κ2) is 5.42. The SMILES string of the molecule is Cc1cccc(N)c1C(=O)NC1CCCCC1C. The van der Waals surface area contributed by atoms with Crippen molar-refractivity contribution in [2.45, 2.75) is 45.6 Å². The molecule has 1 aliphatic carbocycles. The molecule has 2 atom stereocenters. The summed E-state index contributed by atoms with van der Waals surface area (Å²) in [6, 6.07) is 5.89. The number of carbonyl (C=O) groups excluding carboxylic acids is 1. The molecule has 0 aliphatic heterocycles. The van der Waals surface area contributed by atoms with Crippen LogP contribution in [-0.4, -0.2) is 11.9 Å². The minimum absolute atomic E-state index is 0.0238. The third-order valence-corrected chi connectivity index (χ3v) is 3.96. The molecule has 3 heteroatoms. The van der Waals surface area contributed by atoms with E-state index < -0.39 is 0 Å². The fourth-order valence-corrected chi connectivity index (χ4v) is 2.77. The zero-order valence-corrected chi connectivity index (χ0v) is 11.2. The molecule has 18 heavy (non-hydrogen) atoms. The van der Waals surface area contributed by atoms with Gasteiger partial charge in [-0.2, -0.15) is 0 Å². The van der Waals surface area contributed by atoms with Gasteiger partial charge >= 0.3 is 0 Å². The molecular weight excluding hydrogens is 224 g/mol. The smallest absolute Gasteiger partial charge is 0.253 e. The Balaban J connectivity index is 2.12. The summed E-state index contributed by atoms with van der Waals surface area (Å²) < 4.78 is 0. The summed E-state index contributed by atoms with van der Waals surface area (Å²) in [6.45, 7) is 4.14. The number of carbonyl (C=O) groups is 1. The van der Waals surface area contributed by atoms with Crippen molar-refractivity contribution in [3.63, 3.8) is 0 Å². The van der Waals surface area contributed by atoms with Gasteiger partial charge in [-0.25, -0.2) is 0 Å². The maximum atomic E-state index is 12.3. The lowest BCUT2D eigenvalue weighted by molar-refractivity contribution is 0.0910. The Kier molecular flexibility index (Phi) is 3.90. The zero-order valence-electron chi connectivity index (χ0n) is 11.2. The fraction of sp³-hybridized carbons (Fsp3) is 0.533. The van der Waals surface area contributed by atoms with E-state index in [4.69, 9.17) is 5.73 Å². The summed E-state index contributed by atoms with van der Waals surface area (Å²) in [6.07, 6.45) is 4.77. The van der Waals surface area contributed by atoms with Crippen LogP contribution in [0.15, 0.2) is 18.2 Å². The third-order valence-electron chi connectivity index (χ3n) is 3.96. The van der Waals surface area contributed by atoms with Crippen LogP contribution in [0.4, 0.5) is 5.69 Å². The number of nitrogens with one attached hydrogen (secondary N) is 1. The Bertz CT molecular complexity index is 422. The van der Waals surface area contributed by atoms with E-state index in [9.17, 15) is 4.79 Å². The van der Waals surface area contributed by atoms with E-state index in [1.54, 1.807) is 6.07 Å². The van der Waals surface area contributed by atoms with Gasteiger partial charge in [0.05, 0.1) is 5.56 Å². The van der Waals surface area contributed by atoms with Crippen molar-refractivity contribution in [3.05, 3.63) is 29.3 Å². The van der Waals surface area contributed by atoms with Gasteiger partial charge in [0.25, 0.3) is 5.91 Å². The highest BCUT2D eigenvalue weighted by molar-refractivity contribution is 6.00. The predicted molar refractivity (Wildman–Crippen MR) is 74.5 cm³/mol. The van der Waals surface area contributed by atoms with Crippen LogP contribution in [0.1, 0.15) is 48.5 Å². The Hall–Kier alpha value is -1.51. The van der Waals surface area contributed by atoms with Gasteiger partial charge in [-0.05, 0) is 37.3 Å².